The fourth-order valence-corrected chi connectivity index (χ4v) is 1.01. The lowest BCUT2D eigenvalue weighted by Gasteiger charge is -2.18. The van der Waals surface area contributed by atoms with Gasteiger partial charge in [-0.1, -0.05) is 0 Å². The Bertz CT molecular complexity index is 375. The fraction of sp³-hybridized carbons (Fsp3) is 0.500. The summed E-state index contributed by atoms with van der Waals surface area (Å²) in [6.07, 6.45) is 3.36. The van der Waals surface area contributed by atoms with Crippen molar-refractivity contribution in [3.05, 3.63) is 18.0 Å². The second-order valence-electron chi connectivity index (χ2n) is 3.96. The van der Waals surface area contributed by atoms with Crippen molar-refractivity contribution in [2.24, 2.45) is 5.41 Å². The van der Waals surface area contributed by atoms with Crippen LogP contribution in [0.25, 0.3) is 0 Å². The Labute approximate surface area is 88.5 Å². The first-order chi connectivity index (χ1) is 6.97. The van der Waals surface area contributed by atoms with E-state index in [4.69, 9.17) is 5.26 Å². The first-order valence-corrected chi connectivity index (χ1v) is 4.68. The molecule has 5 nitrogen and oxygen atoms in total. The largest absolute Gasteiger partial charge is 0.348 e. The minimum absolute atomic E-state index is 0.149. The number of amides is 1. The third-order valence-corrected chi connectivity index (χ3v) is 2.21. The molecule has 0 aromatic carbocycles. The maximum Gasteiger partial charge on any atom is 0.240 e. The summed E-state index contributed by atoms with van der Waals surface area (Å²) in [5.41, 5.74) is -0.116. The Balaban J connectivity index is 2.65. The number of nitriles is 1. The Morgan fingerprint density at radius 3 is 2.87 bits per heavy atom. The topological polar surface area (TPSA) is 81.6 Å². The number of carbonyl (C=O) groups is 1. The van der Waals surface area contributed by atoms with Crippen LogP contribution in [0.15, 0.2) is 12.4 Å². The van der Waals surface area contributed by atoms with Gasteiger partial charge in [-0.25, -0.2) is 0 Å². The second kappa shape index (κ2) is 4.13. The van der Waals surface area contributed by atoms with Gasteiger partial charge in [0.15, 0.2) is 0 Å². The summed E-state index contributed by atoms with van der Waals surface area (Å²) < 4.78 is 0. The normalized spacial score (nSPS) is 12.9. The number of hydrogen-bond donors (Lipinski definition) is 2. The predicted octanol–water partition coefficient (Wildman–Crippen LogP) is 1.14. The molecule has 2 N–H and O–H groups in total. The number of H-pyrrole nitrogens is 1. The smallest absolute Gasteiger partial charge is 0.240 e. The Kier molecular flexibility index (Phi) is 3.10. The maximum atomic E-state index is 11.6. The van der Waals surface area contributed by atoms with Gasteiger partial charge in [-0.05, 0) is 20.8 Å². The van der Waals surface area contributed by atoms with Gasteiger partial charge in [0.05, 0.1) is 18.3 Å². The van der Waals surface area contributed by atoms with E-state index in [-0.39, 0.29) is 11.9 Å². The molecule has 0 saturated carbocycles. The Morgan fingerprint density at radius 1 is 1.73 bits per heavy atom. The zero-order chi connectivity index (χ0) is 11.5. The molecule has 0 saturated heterocycles. The zero-order valence-electron chi connectivity index (χ0n) is 9.03. The molecular formula is C10H14N4O. The SMILES string of the molecule is CC(NC(=O)C(C)(C)C#N)c1cn[nH]c1. The minimum Gasteiger partial charge on any atom is -0.348 e. The summed E-state index contributed by atoms with van der Waals surface area (Å²) >= 11 is 0. The van der Waals surface area contributed by atoms with E-state index >= 15 is 0 Å². The van der Waals surface area contributed by atoms with Crippen molar-refractivity contribution in [1.29, 1.82) is 5.26 Å². The maximum absolute atomic E-state index is 11.6. The summed E-state index contributed by atoms with van der Waals surface area (Å²) in [5.74, 6) is -0.279. The molecule has 0 bridgehead atoms. The molecule has 15 heavy (non-hydrogen) atoms. The standard InChI is InChI=1S/C10H14N4O/c1-7(8-4-12-13-5-8)14-9(15)10(2,3)6-11/h4-5,7H,1-3H3,(H,12,13)(H,14,15). The van der Waals surface area contributed by atoms with Crippen molar-refractivity contribution in [1.82, 2.24) is 15.5 Å². The lowest BCUT2D eigenvalue weighted by atomic mass is 9.94. The van der Waals surface area contributed by atoms with E-state index < -0.39 is 5.41 Å². The molecule has 1 unspecified atom stereocenters. The number of aromatic amines is 1. The van der Waals surface area contributed by atoms with Crippen LogP contribution in [0.3, 0.4) is 0 Å². The van der Waals surface area contributed by atoms with E-state index in [1.807, 2.05) is 13.0 Å². The van der Waals surface area contributed by atoms with Crippen LogP contribution in [0, 0.1) is 16.7 Å². The number of nitrogens with one attached hydrogen (secondary N) is 2. The predicted molar refractivity (Wildman–Crippen MR) is 54.5 cm³/mol. The van der Waals surface area contributed by atoms with Crippen molar-refractivity contribution >= 4 is 5.91 Å². The van der Waals surface area contributed by atoms with Crippen LogP contribution in [0.2, 0.25) is 0 Å². The molecule has 0 aliphatic heterocycles. The van der Waals surface area contributed by atoms with E-state index in [9.17, 15) is 4.79 Å². The van der Waals surface area contributed by atoms with Crippen molar-refractivity contribution in [3.8, 4) is 6.07 Å². The van der Waals surface area contributed by atoms with Gasteiger partial charge >= 0.3 is 0 Å². The minimum atomic E-state index is -1.00. The molecule has 1 rings (SSSR count). The molecule has 0 fully saturated rings. The van der Waals surface area contributed by atoms with Gasteiger partial charge in [0.25, 0.3) is 0 Å². The highest BCUT2D eigenvalue weighted by atomic mass is 16.2. The van der Waals surface area contributed by atoms with E-state index in [1.54, 1.807) is 26.2 Å². The molecule has 1 aromatic heterocycles. The molecule has 5 heteroatoms. The van der Waals surface area contributed by atoms with E-state index in [2.05, 4.69) is 15.5 Å². The van der Waals surface area contributed by atoms with Crippen LogP contribution in [0.1, 0.15) is 32.4 Å². The molecule has 80 valence electrons. The van der Waals surface area contributed by atoms with Crippen LogP contribution < -0.4 is 5.32 Å². The number of nitrogens with zero attached hydrogens (tertiary/aromatic N) is 2. The molecular weight excluding hydrogens is 192 g/mol. The van der Waals surface area contributed by atoms with Crippen LogP contribution in [0.5, 0.6) is 0 Å². The monoisotopic (exact) mass is 206 g/mol. The van der Waals surface area contributed by atoms with Gasteiger partial charge in [0.2, 0.25) is 5.91 Å². The van der Waals surface area contributed by atoms with Gasteiger partial charge in [-0.2, -0.15) is 10.4 Å². The van der Waals surface area contributed by atoms with Crippen LogP contribution in [-0.2, 0) is 4.79 Å². The first-order valence-electron chi connectivity index (χ1n) is 4.68. The number of hydrogen-bond acceptors (Lipinski definition) is 3. The summed E-state index contributed by atoms with van der Waals surface area (Å²) in [6.45, 7) is 5.02. The van der Waals surface area contributed by atoms with E-state index in [0.29, 0.717) is 0 Å². The highest BCUT2D eigenvalue weighted by Crippen LogP contribution is 2.16. The highest BCUT2D eigenvalue weighted by molar-refractivity contribution is 5.84. The average molecular weight is 206 g/mol. The molecule has 0 radical (unpaired) electrons. The van der Waals surface area contributed by atoms with Gasteiger partial charge in [-0.3, -0.25) is 9.89 Å². The van der Waals surface area contributed by atoms with E-state index in [1.165, 1.54) is 0 Å². The molecule has 0 aliphatic rings. The van der Waals surface area contributed by atoms with Crippen molar-refractivity contribution < 1.29 is 4.79 Å². The lowest BCUT2D eigenvalue weighted by Crippen LogP contribution is -2.37. The number of rotatable bonds is 3. The molecule has 1 aromatic rings. The summed E-state index contributed by atoms with van der Waals surface area (Å²) in [4.78, 5) is 11.6. The second-order valence-corrected chi connectivity index (χ2v) is 3.96. The molecule has 0 spiro atoms. The van der Waals surface area contributed by atoms with Gasteiger partial charge in [-0.15, -0.1) is 0 Å². The van der Waals surface area contributed by atoms with Crippen LogP contribution in [-0.4, -0.2) is 16.1 Å². The average Bonchev–Trinajstić information content (AvgIpc) is 2.70. The number of carbonyl (C=O) groups excluding carboxylic acids is 1. The first kappa shape index (κ1) is 11.2. The summed E-state index contributed by atoms with van der Waals surface area (Å²) in [6, 6.07) is 1.81. The molecule has 1 heterocycles. The summed E-state index contributed by atoms with van der Waals surface area (Å²) in [7, 11) is 0. The Morgan fingerprint density at radius 2 is 2.40 bits per heavy atom. The number of aromatic nitrogens is 2. The van der Waals surface area contributed by atoms with Crippen LogP contribution in [0.4, 0.5) is 0 Å². The quantitative estimate of drug-likeness (QED) is 0.778. The third kappa shape index (κ3) is 2.56. The lowest BCUT2D eigenvalue weighted by molar-refractivity contribution is -0.127. The van der Waals surface area contributed by atoms with Crippen molar-refractivity contribution in [2.45, 2.75) is 26.8 Å². The van der Waals surface area contributed by atoms with Gasteiger partial charge in [0, 0.05) is 11.8 Å². The molecule has 0 aliphatic carbocycles. The van der Waals surface area contributed by atoms with Crippen molar-refractivity contribution in [3.63, 3.8) is 0 Å². The third-order valence-electron chi connectivity index (χ3n) is 2.21. The Hall–Kier alpha value is -1.83. The molecule has 1 atom stereocenters. The van der Waals surface area contributed by atoms with Gasteiger partial charge < -0.3 is 5.32 Å². The highest BCUT2D eigenvalue weighted by Gasteiger charge is 2.28. The van der Waals surface area contributed by atoms with Crippen LogP contribution >= 0.6 is 0 Å². The zero-order valence-corrected chi connectivity index (χ0v) is 9.03. The molecule has 1 amide bonds. The summed E-state index contributed by atoms with van der Waals surface area (Å²) in [5, 5.41) is 18.0. The van der Waals surface area contributed by atoms with Gasteiger partial charge in [0.1, 0.15) is 5.41 Å². The fourth-order valence-electron chi connectivity index (χ4n) is 1.01. The van der Waals surface area contributed by atoms with E-state index in [0.717, 1.165) is 5.56 Å². The van der Waals surface area contributed by atoms with Crippen molar-refractivity contribution in [2.75, 3.05) is 0 Å².